The molecule has 1 aliphatic rings. The molecule has 0 radical (unpaired) electrons. The molecule has 0 amide bonds. The first-order chi connectivity index (χ1) is 8.86. The largest absolute Gasteiger partial charge is 0.319 e. The van der Waals surface area contributed by atoms with Crippen molar-refractivity contribution >= 4 is 28.8 Å². The Labute approximate surface area is 115 Å². The van der Waals surface area contributed by atoms with Gasteiger partial charge in [-0.25, -0.2) is 5.43 Å². The molecule has 1 aromatic carbocycles. The minimum absolute atomic E-state index is 0.248. The van der Waals surface area contributed by atoms with Crippen LogP contribution in [-0.4, -0.2) is 6.26 Å². The van der Waals surface area contributed by atoms with Gasteiger partial charge in [0, 0.05) is 4.90 Å². The Morgan fingerprint density at radius 2 is 2.00 bits per heavy atom. The van der Waals surface area contributed by atoms with Gasteiger partial charge in [-0.2, -0.15) is 0 Å². The zero-order valence-electron chi connectivity index (χ0n) is 10.0. The van der Waals surface area contributed by atoms with E-state index in [4.69, 9.17) is 0 Å². The Morgan fingerprint density at radius 3 is 2.67 bits per heavy atom. The van der Waals surface area contributed by atoms with Crippen LogP contribution in [-0.2, 0) is 0 Å². The van der Waals surface area contributed by atoms with Gasteiger partial charge in [0.05, 0.1) is 16.6 Å². The van der Waals surface area contributed by atoms with Gasteiger partial charge in [0.1, 0.15) is 0 Å². The maximum atomic E-state index is 3.31. The van der Waals surface area contributed by atoms with E-state index in [9.17, 15) is 0 Å². The third-order valence-corrected chi connectivity index (χ3v) is 4.60. The number of thioether (sulfide) groups is 1. The van der Waals surface area contributed by atoms with E-state index < -0.39 is 0 Å². The van der Waals surface area contributed by atoms with Gasteiger partial charge in [0.2, 0.25) is 0 Å². The summed E-state index contributed by atoms with van der Waals surface area (Å²) in [5.41, 5.74) is 9.01. The average Bonchev–Trinajstić information content (AvgIpc) is 3.09. The van der Waals surface area contributed by atoms with E-state index in [0.29, 0.717) is 0 Å². The molecule has 0 bridgehead atoms. The first-order valence-corrected chi connectivity index (χ1v) is 7.88. The van der Waals surface area contributed by atoms with Gasteiger partial charge in [-0.3, -0.25) is 0 Å². The second-order valence-electron chi connectivity index (χ2n) is 4.08. The average molecular weight is 274 g/mol. The number of hydrogen-bond acceptors (Lipinski definition) is 4. The predicted molar refractivity (Wildman–Crippen MR) is 79.5 cm³/mol. The Bertz CT molecular complexity index is 544. The normalized spacial score (nSPS) is 18.5. The summed E-state index contributed by atoms with van der Waals surface area (Å²) in [6, 6.07) is 13.1. The smallest absolute Gasteiger partial charge is 0.0714 e. The molecule has 1 unspecified atom stereocenters. The van der Waals surface area contributed by atoms with Gasteiger partial charge in [-0.15, -0.1) is 23.1 Å². The summed E-state index contributed by atoms with van der Waals surface area (Å²) < 4.78 is 0. The van der Waals surface area contributed by atoms with E-state index in [-0.39, 0.29) is 6.04 Å². The van der Waals surface area contributed by atoms with Crippen LogP contribution in [0.3, 0.4) is 0 Å². The summed E-state index contributed by atoms with van der Waals surface area (Å²) in [5, 5.41) is 2.10. The second-order valence-corrected chi connectivity index (χ2v) is 5.91. The molecule has 0 spiro atoms. The Kier molecular flexibility index (Phi) is 3.41. The van der Waals surface area contributed by atoms with E-state index in [2.05, 4.69) is 65.0 Å². The van der Waals surface area contributed by atoms with Crippen molar-refractivity contribution in [2.75, 3.05) is 6.26 Å². The van der Waals surface area contributed by atoms with Crippen LogP contribution < -0.4 is 10.9 Å². The molecule has 2 N–H and O–H groups in total. The maximum Gasteiger partial charge on any atom is 0.0714 e. The zero-order valence-corrected chi connectivity index (χ0v) is 11.6. The highest BCUT2D eigenvalue weighted by atomic mass is 32.2. The van der Waals surface area contributed by atoms with Crippen LogP contribution in [0.25, 0.3) is 5.70 Å². The Morgan fingerprint density at radius 1 is 1.17 bits per heavy atom. The Hall–Kier alpha value is -1.23. The standard InChI is InChI=1S/C14H14N2S2/c1-17-11-6-4-10(5-7-11)12-9-13(16-15-12)14-3-2-8-18-14/h2-9,12,15-16H,1H3. The maximum absolute atomic E-state index is 3.31. The molecule has 1 aliphatic heterocycles. The van der Waals surface area contributed by atoms with Gasteiger partial charge in [0.25, 0.3) is 0 Å². The number of benzene rings is 1. The number of hydrogen-bond donors (Lipinski definition) is 2. The molecular formula is C14H14N2S2. The van der Waals surface area contributed by atoms with Crippen molar-refractivity contribution in [2.24, 2.45) is 0 Å². The van der Waals surface area contributed by atoms with Crippen LogP contribution >= 0.6 is 23.1 Å². The third-order valence-electron chi connectivity index (χ3n) is 2.96. The van der Waals surface area contributed by atoms with E-state index in [1.54, 1.807) is 23.1 Å². The van der Waals surface area contributed by atoms with Crippen LogP contribution in [0.15, 0.2) is 52.7 Å². The zero-order chi connectivity index (χ0) is 12.4. The molecule has 0 saturated carbocycles. The first-order valence-electron chi connectivity index (χ1n) is 5.78. The van der Waals surface area contributed by atoms with E-state index in [0.717, 1.165) is 0 Å². The number of rotatable bonds is 3. The summed E-state index contributed by atoms with van der Waals surface area (Å²) in [5.74, 6) is 0. The lowest BCUT2D eigenvalue weighted by atomic mass is 10.1. The lowest BCUT2D eigenvalue weighted by Gasteiger charge is -2.09. The molecule has 1 atom stereocenters. The summed E-state index contributed by atoms with van der Waals surface area (Å²) in [7, 11) is 0. The highest BCUT2D eigenvalue weighted by Crippen LogP contribution is 2.27. The van der Waals surface area contributed by atoms with E-state index >= 15 is 0 Å². The number of hydrazine groups is 1. The lowest BCUT2D eigenvalue weighted by Crippen LogP contribution is -2.26. The van der Waals surface area contributed by atoms with Gasteiger partial charge >= 0.3 is 0 Å². The molecule has 1 aromatic heterocycles. The van der Waals surface area contributed by atoms with Crippen LogP contribution in [0.1, 0.15) is 16.5 Å². The van der Waals surface area contributed by atoms with Gasteiger partial charge in [-0.1, -0.05) is 18.2 Å². The molecule has 2 nitrogen and oxygen atoms in total. The first kappa shape index (κ1) is 11.8. The van der Waals surface area contributed by atoms with Crippen LogP contribution in [0.5, 0.6) is 0 Å². The van der Waals surface area contributed by atoms with Crippen molar-refractivity contribution in [3.8, 4) is 0 Å². The van der Waals surface area contributed by atoms with Crippen molar-refractivity contribution in [3.05, 3.63) is 58.3 Å². The quantitative estimate of drug-likeness (QED) is 0.835. The molecule has 18 heavy (non-hydrogen) atoms. The molecule has 3 rings (SSSR count). The third kappa shape index (κ3) is 2.32. The van der Waals surface area contributed by atoms with Crippen molar-refractivity contribution in [1.29, 1.82) is 0 Å². The van der Waals surface area contributed by atoms with Gasteiger partial charge < -0.3 is 5.43 Å². The fourth-order valence-electron chi connectivity index (χ4n) is 1.97. The minimum atomic E-state index is 0.248. The lowest BCUT2D eigenvalue weighted by molar-refractivity contribution is 0.616. The van der Waals surface area contributed by atoms with Crippen LogP contribution in [0, 0.1) is 0 Å². The predicted octanol–water partition coefficient (Wildman–Crippen LogP) is 3.66. The number of thiophene rings is 1. The highest BCUT2D eigenvalue weighted by Gasteiger charge is 2.17. The van der Waals surface area contributed by atoms with Crippen LogP contribution in [0.2, 0.25) is 0 Å². The molecule has 2 heterocycles. The summed E-state index contributed by atoms with van der Waals surface area (Å²) in [6.07, 6.45) is 4.33. The molecular weight excluding hydrogens is 260 g/mol. The van der Waals surface area contributed by atoms with Crippen LogP contribution in [0.4, 0.5) is 0 Å². The second kappa shape index (κ2) is 5.18. The molecule has 2 aromatic rings. The summed E-state index contributed by atoms with van der Waals surface area (Å²) in [6.45, 7) is 0. The Balaban J connectivity index is 1.82. The van der Waals surface area contributed by atoms with Gasteiger partial charge in [0.15, 0.2) is 0 Å². The van der Waals surface area contributed by atoms with Crippen molar-refractivity contribution in [3.63, 3.8) is 0 Å². The molecule has 92 valence electrons. The molecule has 0 saturated heterocycles. The van der Waals surface area contributed by atoms with E-state index in [1.807, 2.05) is 0 Å². The highest BCUT2D eigenvalue weighted by molar-refractivity contribution is 7.98. The van der Waals surface area contributed by atoms with Crippen molar-refractivity contribution in [2.45, 2.75) is 10.9 Å². The van der Waals surface area contributed by atoms with Crippen molar-refractivity contribution < 1.29 is 0 Å². The molecule has 0 fully saturated rings. The fourth-order valence-corrected chi connectivity index (χ4v) is 3.09. The minimum Gasteiger partial charge on any atom is -0.319 e. The van der Waals surface area contributed by atoms with Crippen molar-refractivity contribution in [1.82, 2.24) is 10.9 Å². The molecule has 4 heteroatoms. The summed E-state index contributed by atoms with van der Waals surface area (Å²) >= 11 is 3.52. The fraction of sp³-hybridized carbons (Fsp3) is 0.143. The topological polar surface area (TPSA) is 24.1 Å². The SMILES string of the molecule is CSc1ccc(C2C=C(c3cccs3)NN2)cc1. The van der Waals surface area contributed by atoms with Gasteiger partial charge in [-0.05, 0) is 41.5 Å². The molecule has 0 aliphatic carbocycles. The van der Waals surface area contributed by atoms with E-state index in [1.165, 1.54) is 21.0 Å². The monoisotopic (exact) mass is 274 g/mol. The number of nitrogens with one attached hydrogen (secondary N) is 2. The summed E-state index contributed by atoms with van der Waals surface area (Å²) in [4.78, 5) is 2.57.